The smallest absolute Gasteiger partial charge is 0.417 e. The average Bonchev–Trinajstić information content (AvgIpc) is 3.73. The highest BCUT2D eigenvalue weighted by Crippen LogP contribution is 2.48. The third kappa shape index (κ3) is 5.50. The first-order valence-electron chi connectivity index (χ1n) is 15.1. The van der Waals surface area contributed by atoms with Crippen molar-refractivity contribution in [3.05, 3.63) is 95.1 Å². The molecule has 1 saturated heterocycles. The number of anilines is 1. The highest BCUT2D eigenvalue weighted by atomic mass is 19.4. The van der Waals surface area contributed by atoms with Gasteiger partial charge in [0, 0.05) is 62.1 Å². The molecule has 2 N–H and O–H groups in total. The Hall–Kier alpha value is -5.08. The Balaban J connectivity index is 1.24. The van der Waals surface area contributed by atoms with Gasteiger partial charge >= 0.3 is 6.18 Å². The van der Waals surface area contributed by atoms with E-state index < -0.39 is 46.9 Å². The minimum Gasteiger partial charge on any atom is -0.490 e. The number of benzene rings is 2. The predicted molar refractivity (Wildman–Crippen MR) is 166 cm³/mol. The highest BCUT2D eigenvalue weighted by Gasteiger charge is 2.38. The Morgan fingerprint density at radius 3 is 2.65 bits per heavy atom. The van der Waals surface area contributed by atoms with Crippen LogP contribution >= 0.6 is 0 Å². The molecule has 0 unspecified atom stereocenters. The number of nitrogens with one attached hydrogen (secondary N) is 1. The van der Waals surface area contributed by atoms with Crippen molar-refractivity contribution < 1.29 is 41.4 Å². The van der Waals surface area contributed by atoms with Crippen LogP contribution in [0.25, 0.3) is 27.7 Å². The van der Waals surface area contributed by atoms with E-state index in [1.54, 1.807) is 7.05 Å². The number of pyridine rings is 1. The fraction of sp³-hybridized carbons (Fsp3) is 0.265. The number of rotatable bonds is 6. The van der Waals surface area contributed by atoms with Crippen LogP contribution in [0.4, 0.5) is 27.6 Å². The molecule has 0 bridgehead atoms. The van der Waals surface area contributed by atoms with E-state index in [-0.39, 0.29) is 52.2 Å². The summed E-state index contributed by atoms with van der Waals surface area (Å²) in [6, 6.07) is 7.09. The van der Waals surface area contributed by atoms with Gasteiger partial charge in [0.1, 0.15) is 22.8 Å². The van der Waals surface area contributed by atoms with E-state index in [1.165, 1.54) is 45.8 Å². The number of imidazole rings is 1. The summed E-state index contributed by atoms with van der Waals surface area (Å²) in [5.41, 5.74) is -0.789. The second kappa shape index (κ2) is 11.9. The summed E-state index contributed by atoms with van der Waals surface area (Å²) in [5.74, 6) is -3.96. The maximum absolute atomic E-state index is 15.2. The molecule has 2 aliphatic heterocycles. The molecule has 2 aromatic carbocycles. The molecule has 0 aliphatic carbocycles. The van der Waals surface area contributed by atoms with E-state index in [9.17, 15) is 27.9 Å². The van der Waals surface area contributed by atoms with Crippen molar-refractivity contribution in [2.24, 2.45) is 7.05 Å². The van der Waals surface area contributed by atoms with E-state index in [1.807, 2.05) is 4.90 Å². The number of aliphatic hydroxyl groups excluding tert-OH is 1. The number of halogens is 5. The summed E-state index contributed by atoms with van der Waals surface area (Å²) in [5, 5.41) is 11.8. The van der Waals surface area contributed by atoms with Crippen molar-refractivity contribution in [1.82, 2.24) is 18.9 Å². The number of ether oxygens (including phenoxy) is 1. The monoisotopic (exact) mass is 665 g/mol. The molecule has 1 fully saturated rings. The van der Waals surface area contributed by atoms with Crippen molar-refractivity contribution in [2.45, 2.75) is 25.1 Å². The first-order chi connectivity index (χ1) is 22.9. The maximum Gasteiger partial charge on any atom is 0.417 e. The molecule has 5 heterocycles. The van der Waals surface area contributed by atoms with Crippen molar-refractivity contribution in [1.29, 1.82) is 0 Å². The minimum atomic E-state index is -4.76. The standard InChI is InChI=1S/C34H28F5N5O4/c1-42-17-40-30-25(42)15-22(34(37,38)39)28-21-4-2-9-44-26(14-18(31(21)44)7-11-48-33(28)30)32(47)19-12-23(35)29(24(36)13-19)41-27(46)5-3-8-43-10-6-20(45)16-43/h2-5,9,12-15,17,20,45H,6-8,10-11,16H2,1H3,(H,41,46)/b5-3+/t20-/m1/s1. The molecule has 0 saturated carbocycles. The van der Waals surface area contributed by atoms with Gasteiger partial charge in [0.05, 0.1) is 41.3 Å². The number of aryl methyl sites for hydroxylation is 1. The number of hydrogen-bond acceptors (Lipinski definition) is 6. The fourth-order valence-electron chi connectivity index (χ4n) is 6.46. The quantitative estimate of drug-likeness (QED) is 0.141. The molecular formula is C34H28F5N5O4. The topological polar surface area (TPSA) is 101 Å². The van der Waals surface area contributed by atoms with Crippen LogP contribution in [-0.2, 0) is 24.4 Å². The van der Waals surface area contributed by atoms with Gasteiger partial charge in [0.2, 0.25) is 11.7 Å². The molecule has 0 spiro atoms. The van der Waals surface area contributed by atoms with Crippen molar-refractivity contribution in [3.8, 4) is 16.9 Å². The third-order valence-electron chi connectivity index (χ3n) is 8.70. The van der Waals surface area contributed by atoms with Crippen LogP contribution in [0.2, 0.25) is 0 Å². The summed E-state index contributed by atoms with van der Waals surface area (Å²) >= 11 is 0. The zero-order chi connectivity index (χ0) is 33.9. The Kier molecular flexibility index (Phi) is 7.79. The zero-order valence-electron chi connectivity index (χ0n) is 25.4. The molecule has 5 aromatic rings. The van der Waals surface area contributed by atoms with Crippen LogP contribution < -0.4 is 10.1 Å². The predicted octanol–water partition coefficient (Wildman–Crippen LogP) is 5.52. The number of hydrogen-bond donors (Lipinski definition) is 2. The van der Waals surface area contributed by atoms with E-state index in [4.69, 9.17) is 4.74 Å². The van der Waals surface area contributed by atoms with Gasteiger partial charge in [-0.15, -0.1) is 0 Å². The number of alkyl halides is 3. The molecule has 7 rings (SSSR count). The Labute approximate surface area is 269 Å². The lowest BCUT2D eigenvalue weighted by molar-refractivity contribution is -0.137. The number of ketones is 1. The lowest BCUT2D eigenvalue weighted by Gasteiger charge is -2.22. The third-order valence-corrected chi connectivity index (χ3v) is 8.70. The number of carbonyl (C=O) groups is 2. The number of aromatic nitrogens is 3. The number of β-amino-alcohol motifs (C(OH)–C–C–N with tert-alkyl or cyclic N) is 1. The second-order valence-electron chi connectivity index (χ2n) is 11.9. The molecule has 248 valence electrons. The molecule has 2 aliphatic rings. The highest BCUT2D eigenvalue weighted by molar-refractivity contribution is 6.10. The number of likely N-dealkylation sites (tertiary alicyclic amines) is 1. The number of amides is 1. The summed E-state index contributed by atoms with van der Waals surface area (Å²) in [6.45, 7) is 1.49. The lowest BCUT2D eigenvalue weighted by Crippen LogP contribution is -2.22. The van der Waals surface area contributed by atoms with Crippen LogP contribution in [0, 0.1) is 11.6 Å². The molecular weight excluding hydrogens is 637 g/mol. The summed E-state index contributed by atoms with van der Waals surface area (Å²) in [7, 11) is 1.58. The van der Waals surface area contributed by atoms with Crippen molar-refractivity contribution in [2.75, 3.05) is 31.6 Å². The Bertz CT molecular complexity index is 2130. The van der Waals surface area contributed by atoms with Gasteiger partial charge in [-0.1, -0.05) is 12.1 Å². The summed E-state index contributed by atoms with van der Waals surface area (Å²) < 4.78 is 82.8. The van der Waals surface area contributed by atoms with Gasteiger partial charge in [-0.2, -0.15) is 13.2 Å². The second-order valence-corrected chi connectivity index (χ2v) is 11.9. The minimum absolute atomic E-state index is 0.0201. The average molecular weight is 666 g/mol. The molecule has 1 amide bonds. The Morgan fingerprint density at radius 1 is 1.17 bits per heavy atom. The fourth-order valence-corrected chi connectivity index (χ4v) is 6.46. The SMILES string of the molecule is Cn1cnc2c3c(c(C(F)(F)F)cc21)-c1cccn2c(C(=O)c4cc(F)c(NC(=O)/C=C/CN5CC[C@@H](O)C5)c(F)c4)cc(c12)CCO3. The van der Waals surface area contributed by atoms with Crippen LogP contribution in [0.5, 0.6) is 5.75 Å². The van der Waals surface area contributed by atoms with E-state index in [0.717, 1.165) is 24.3 Å². The van der Waals surface area contributed by atoms with E-state index in [2.05, 4.69) is 10.3 Å². The number of nitrogens with zero attached hydrogens (tertiary/aromatic N) is 4. The van der Waals surface area contributed by atoms with Crippen LogP contribution in [0.15, 0.2) is 61.1 Å². The van der Waals surface area contributed by atoms with Gasteiger partial charge in [0.25, 0.3) is 0 Å². The lowest BCUT2D eigenvalue weighted by atomic mass is 9.94. The van der Waals surface area contributed by atoms with Gasteiger partial charge in [-0.3, -0.25) is 14.5 Å². The van der Waals surface area contributed by atoms with Gasteiger partial charge < -0.3 is 24.1 Å². The van der Waals surface area contributed by atoms with E-state index in [0.29, 0.717) is 37.1 Å². The molecule has 9 nitrogen and oxygen atoms in total. The first-order valence-corrected chi connectivity index (χ1v) is 15.1. The van der Waals surface area contributed by atoms with Crippen molar-refractivity contribution in [3.63, 3.8) is 0 Å². The number of fused-ring (bicyclic) bond motifs is 4. The summed E-state index contributed by atoms with van der Waals surface area (Å²) in [4.78, 5) is 32.3. The molecule has 14 heteroatoms. The largest absolute Gasteiger partial charge is 0.490 e. The molecule has 3 aromatic heterocycles. The van der Waals surface area contributed by atoms with Crippen LogP contribution in [-0.4, -0.2) is 68.0 Å². The van der Waals surface area contributed by atoms with Gasteiger partial charge in [0.15, 0.2) is 5.75 Å². The molecule has 48 heavy (non-hydrogen) atoms. The van der Waals surface area contributed by atoms with Gasteiger partial charge in [-0.05, 0) is 42.3 Å². The normalized spacial score (nSPS) is 16.7. The van der Waals surface area contributed by atoms with Crippen molar-refractivity contribution >= 4 is 33.9 Å². The van der Waals surface area contributed by atoms with Gasteiger partial charge in [-0.25, -0.2) is 13.8 Å². The number of carbonyl (C=O) groups excluding carboxylic acids is 2. The summed E-state index contributed by atoms with van der Waals surface area (Å²) in [6.07, 6.45) is 1.21. The Morgan fingerprint density at radius 2 is 1.94 bits per heavy atom. The zero-order valence-corrected chi connectivity index (χ0v) is 25.4. The molecule has 1 atom stereocenters. The number of aliphatic hydroxyl groups is 1. The molecule has 0 radical (unpaired) electrons. The van der Waals surface area contributed by atoms with Crippen LogP contribution in [0.3, 0.4) is 0 Å². The maximum atomic E-state index is 15.2. The first kappa shape index (κ1) is 31.5. The van der Waals surface area contributed by atoms with E-state index >= 15 is 8.78 Å². The van der Waals surface area contributed by atoms with Crippen LogP contribution in [0.1, 0.15) is 33.6 Å².